The summed E-state index contributed by atoms with van der Waals surface area (Å²) in [6.07, 6.45) is 6.25. The van der Waals surface area contributed by atoms with Gasteiger partial charge in [-0.15, -0.1) is 0 Å². The first-order chi connectivity index (χ1) is 12.3. The second-order valence-electron chi connectivity index (χ2n) is 7.29. The van der Waals surface area contributed by atoms with Gasteiger partial charge in [-0.2, -0.15) is 0 Å². The Bertz CT molecular complexity index is 696. The van der Waals surface area contributed by atoms with Crippen LogP contribution in [0.4, 0.5) is 5.69 Å². The van der Waals surface area contributed by atoms with Crippen LogP contribution in [0.1, 0.15) is 43.7 Å². The Balaban J connectivity index is 1.80. The number of ether oxygens (including phenoxy) is 1. The van der Waals surface area contributed by atoms with Crippen LogP contribution in [0.15, 0.2) is 54.6 Å². The summed E-state index contributed by atoms with van der Waals surface area (Å²) in [6.45, 7) is 2.20. The molecule has 2 aliphatic heterocycles. The summed E-state index contributed by atoms with van der Waals surface area (Å²) in [5.41, 5.74) is 2.78. The number of methoxy groups -OCH3 is 1. The summed E-state index contributed by atoms with van der Waals surface area (Å²) in [5.74, 6) is 0.987. The fraction of sp³-hybridized carbons (Fsp3) is 0.455. The summed E-state index contributed by atoms with van der Waals surface area (Å²) in [5, 5.41) is 3.85. The Morgan fingerprint density at radius 3 is 2.56 bits per heavy atom. The lowest BCUT2D eigenvalue weighted by molar-refractivity contribution is 0.176. The summed E-state index contributed by atoms with van der Waals surface area (Å²) in [6, 6.07) is 19.9. The molecule has 0 bridgehead atoms. The second-order valence-corrected chi connectivity index (χ2v) is 7.29. The van der Waals surface area contributed by atoms with Gasteiger partial charge in [-0.1, -0.05) is 42.5 Å². The van der Waals surface area contributed by atoms with Gasteiger partial charge in [0.2, 0.25) is 0 Å². The van der Waals surface area contributed by atoms with Gasteiger partial charge in [0.1, 0.15) is 5.75 Å². The highest BCUT2D eigenvalue weighted by Crippen LogP contribution is 2.48. The van der Waals surface area contributed by atoms with Crippen LogP contribution >= 0.6 is 0 Å². The van der Waals surface area contributed by atoms with Gasteiger partial charge in [0.25, 0.3) is 0 Å². The number of nitrogens with one attached hydrogen (secondary N) is 1. The van der Waals surface area contributed by atoms with Crippen LogP contribution in [0.3, 0.4) is 0 Å². The first-order valence-electron chi connectivity index (χ1n) is 9.54. The van der Waals surface area contributed by atoms with Crippen LogP contribution in [0.5, 0.6) is 5.75 Å². The number of para-hydroxylation sites is 2. The number of benzene rings is 2. The summed E-state index contributed by atoms with van der Waals surface area (Å²) in [4.78, 5) is 2.65. The number of nitrogens with zero attached hydrogens (tertiary/aromatic N) is 1. The molecule has 0 aromatic heterocycles. The van der Waals surface area contributed by atoms with Crippen LogP contribution < -0.4 is 15.0 Å². The van der Waals surface area contributed by atoms with Crippen molar-refractivity contribution < 1.29 is 4.74 Å². The van der Waals surface area contributed by atoms with Crippen molar-refractivity contribution in [3.63, 3.8) is 0 Å². The molecule has 132 valence electrons. The van der Waals surface area contributed by atoms with Crippen molar-refractivity contribution in [2.75, 3.05) is 25.1 Å². The third-order valence-electron chi connectivity index (χ3n) is 5.96. The topological polar surface area (TPSA) is 24.5 Å². The average Bonchev–Trinajstić information content (AvgIpc) is 2.69. The summed E-state index contributed by atoms with van der Waals surface area (Å²) < 4.78 is 5.71. The lowest BCUT2D eigenvalue weighted by atomic mass is 9.72. The Labute approximate surface area is 151 Å². The number of hydrogen-bond acceptors (Lipinski definition) is 3. The third kappa shape index (κ3) is 2.91. The minimum Gasteiger partial charge on any atom is -0.495 e. The number of rotatable bonds is 3. The molecule has 2 unspecified atom stereocenters. The molecule has 2 aromatic carbocycles. The van der Waals surface area contributed by atoms with Gasteiger partial charge in [0.05, 0.1) is 24.4 Å². The van der Waals surface area contributed by atoms with E-state index >= 15 is 0 Å². The minimum absolute atomic E-state index is 0.131. The Hall–Kier alpha value is -2.00. The molecule has 2 aliphatic rings. The molecule has 1 spiro atoms. The Kier molecular flexibility index (Phi) is 4.67. The van der Waals surface area contributed by atoms with Crippen molar-refractivity contribution in [3.05, 3.63) is 60.2 Å². The largest absolute Gasteiger partial charge is 0.495 e. The van der Waals surface area contributed by atoms with E-state index in [-0.39, 0.29) is 5.54 Å². The zero-order valence-electron chi connectivity index (χ0n) is 15.1. The molecule has 0 radical (unpaired) electrons. The van der Waals surface area contributed by atoms with Gasteiger partial charge in [-0.05, 0) is 56.3 Å². The lowest BCUT2D eigenvalue weighted by Crippen LogP contribution is -2.61. The standard InChI is InChI=1S/C22H28N2O/c1-25-20-13-6-5-12-19(20)24-17-8-7-14-22(24)15-9-16-23-21(22)18-10-3-2-4-11-18/h2-6,10-13,21,23H,7-9,14-17H2,1H3. The SMILES string of the molecule is COc1ccccc1N1CCCCC12CCCNC2c1ccccc1. The average molecular weight is 336 g/mol. The maximum atomic E-state index is 5.71. The molecular weight excluding hydrogens is 308 g/mol. The normalized spacial score (nSPS) is 26.6. The predicted molar refractivity (Wildman–Crippen MR) is 103 cm³/mol. The first-order valence-corrected chi connectivity index (χ1v) is 9.54. The van der Waals surface area contributed by atoms with Crippen molar-refractivity contribution in [1.29, 1.82) is 0 Å². The van der Waals surface area contributed by atoms with Gasteiger partial charge in [0.15, 0.2) is 0 Å². The quantitative estimate of drug-likeness (QED) is 0.890. The number of piperidine rings is 2. The zero-order valence-corrected chi connectivity index (χ0v) is 15.1. The van der Waals surface area contributed by atoms with E-state index in [4.69, 9.17) is 4.74 Å². The van der Waals surface area contributed by atoms with E-state index in [0.717, 1.165) is 18.8 Å². The van der Waals surface area contributed by atoms with Crippen LogP contribution in [0.2, 0.25) is 0 Å². The predicted octanol–water partition coefficient (Wildman–Crippen LogP) is 4.55. The molecule has 3 heteroatoms. The highest BCUT2D eigenvalue weighted by Gasteiger charge is 2.47. The van der Waals surface area contributed by atoms with Crippen molar-refractivity contribution in [1.82, 2.24) is 5.32 Å². The molecule has 4 rings (SSSR count). The van der Waals surface area contributed by atoms with Crippen LogP contribution in [0.25, 0.3) is 0 Å². The first kappa shape index (κ1) is 16.5. The highest BCUT2D eigenvalue weighted by molar-refractivity contribution is 5.61. The van der Waals surface area contributed by atoms with Crippen molar-refractivity contribution in [3.8, 4) is 5.75 Å². The molecule has 2 heterocycles. The van der Waals surface area contributed by atoms with Crippen LogP contribution in [-0.2, 0) is 0 Å². The fourth-order valence-electron chi connectivity index (χ4n) is 4.88. The van der Waals surface area contributed by atoms with Gasteiger partial charge in [0, 0.05) is 6.54 Å². The smallest absolute Gasteiger partial charge is 0.142 e. The van der Waals surface area contributed by atoms with Gasteiger partial charge in [-0.25, -0.2) is 0 Å². The maximum absolute atomic E-state index is 5.71. The molecule has 0 aliphatic carbocycles. The molecular formula is C22H28N2O. The number of hydrogen-bond donors (Lipinski definition) is 1. The second kappa shape index (κ2) is 7.09. The lowest BCUT2D eigenvalue weighted by Gasteiger charge is -2.55. The fourth-order valence-corrected chi connectivity index (χ4v) is 4.88. The number of anilines is 1. The monoisotopic (exact) mass is 336 g/mol. The van der Waals surface area contributed by atoms with Crippen molar-refractivity contribution >= 4 is 5.69 Å². The van der Waals surface area contributed by atoms with E-state index in [1.165, 1.54) is 43.4 Å². The highest BCUT2D eigenvalue weighted by atomic mass is 16.5. The van der Waals surface area contributed by atoms with Crippen molar-refractivity contribution in [2.45, 2.75) is 43.7 Å². The van der Waals surface area contributed by atoms with E-state index in [2.05, 4.69) is 64.8 Å². The van der Waals surface area contributed by atoms with Gasteiger partial charge in [-0.3, -0.25) is 0 Å². The third-order valence-corrected chi connectivity index (χ3v) is 5.96. The van der Waals surface area contributed by atoms with Crippen LogP contribution in [-0.4, -0.2) is 25.7 Å². The molecule has 1 N–H and O–H groups in total. The zero-order chi connectivity index (χ0) is 17.1. The maximum Gasteiger partial charge on any atom is 0.142 e. The molecule has 0 amide bonds. The molecule has 2 saturated heterocycles. The van der Waals surface area contributed by atoms with Crippen LogP contribution in [0, 0.1) is 0 Å². The summed E-state index contributed by atoms with van der Waals surface area (Å²) >= 11 is 0. The molecule has 2 atom stereocenters. The van der Waals surface area contributed by atoms with Crippen molar-refractivity contribution in [2.24, 2.45) is 0 Å². The Morgan fingerprint density at radius 1 is 0.960 bits per heavy atom. The minimum atomic E-state index is 0.131. The van der Waals surface area contributed by atoms with Gasteiger partial charge >= 0.3 is 0 Å². The molecule has 0 saturated carbocycles. The van der Waals surface area contributed by atoms with E-state index in [1.54, 1.807) is 7.11 Å². The van der Waals surface area contributed by atoms with E-state index in [0.29, 0.717) is 6.04 Å². The Morgan fingerprint density at radius 2 is 1.72 bits per heavy atom. The molecule has 25 heavy (non-hydrogen) atoms. The van der Waals surface area contributed by atoms with E-state index in [1.807, 2.05) is 0 Å². The molecule has 2 fully saturated rings. The van der Waals surface area contributed by atoms with E-state index < -0.39 is 0 Å². The van der Waals surface area contributed by atoms with E-state index in [9.17, 15) is 0 Å². The van der Waals surface area contributed by atoms with Gasteiger partial charge < -0.3 is 15.0 Å². The summed E-state index contributed by atoms with van der Waals surface area (Å²) in [7, 11) is 1.78. The molecule has 3 nitrogen and oxygen atoms in total. The molecule has 2 aromatic rings.